The molecule has 3 rings (SSSR count). The molecule has 0 bridgehead atoms. The smallest absolute Gasteiger partial charge is 0.239 e. The Labute approximate surface area is 166 Å². The van der Waals surface area contributed by atoms with Crippen LogP contribution in [-0.2, 0) is 4.79 Å². The lowest BCUT2D eigenvalue weighted by Crippen LogP contribution is -2.24. The summed E-state index contributed by atoms with van der Waals surface area (Å²) in [5, 5.41) is 20.9. The van der Waals surface area contributed by atoms with Gasteiger partial charge >= 0.3 is 0 Å². The molecule has 27 heavy (non-hydrogen) atoms. The molecule has 1 unspecified atom stereocenters. The van der Waals surface area contributed by atoms with Crippen LogP contribution in [0.1, 0.15) is 38.1 Å². The summed E-state index contributed by atoms with van der Waals surface area (Å²) >= 11 is 2.69. The normalized spacial score (nSPS) is 12.1. The average Bonchev–Trinajstić information content (AvgIpc) is 3.16. The topological polar surface area (TPSA) is 93.5 Å². The molecule has 9 heteroatoms. The Balaban J connectivity index is 1.64. The van der Waals surface area contributed by atoms with Gasteiger partial charge in [0.05, 0.1) is 11.4 Å². The summed E-state index contributed by atoms with van der Waals surface area (Å²) < 4.78 is 0. The molecular weight excluding hydrogens is 380 g/mol. The molecule has 0 aliphatic heterocycles. The van der Waals surface area contributed by atoms with Crippen molar-refractivity contribution >= 4 is 34.1 Å². The number of anilines is 1. The molecule has 2 heterocycles. The number of nitrogens with zero attached hydrogens (tertiary/aromatic N) is 5. The molecule has 1 aromatic carbocycles. The van der Waals surface area contributed by atoms with Gasteiger partial charge in [0.25, 0.3) is 0 Å². The van der Waals surface area contributed by atoms with Gasteiger partial charge in [-0.2, -0.15) is 0 Å². The quantitative estimate of drug-likeness (QED) is 0.599. The fraction of sp³-hybridized carbons (Fsp3) is 0.333. The van der Waals surface area contributed by atoms with E-state index in [0.717, 1.165) is 10.6 Å². The van der Waals surface area contributed by atoms with Gasteiger partial charge < -0.3 is 0 Å². The molecule has 2 aromatic heterocycles. The number of carbonyl (C=O) groups is 1. The van der Waals surface area contributed by atoms with Crippen molar-refractivity contribution in [2.75, 3.05) is 5.32 Å². The summed E-state index contributed by atoms with van der Waals surface area (Å²) in [5.74, 6) is 0.150. The van der Waals surface area contributed by atoms with Crippen molar-refractivity contribution in [3.8, 4) is 11.3 Å². The maximum atomic E-state index is 12.5. The minimum absolute atomic E-state index is 0.135. The molecule has 0 radical (unpaired) electrons. The third-order valence-corrected chi connectivity index (χ3v) is 6.05. The van der Waals surface area contributed by atoms with E-state index in [2.05, 4.69) is 30.7 Å². The highest BCUT2D eigenvalue weighted by atomic mass is 32.2. The predicted molar refractivity (Wildman–Crippen MR) is 108 cm³/mol. The molecule has 1 atom stereocenters. The lowest BCUT2D eigenvalue weighted by Gasteiger charge is -2.11. The number of amides is 1. The largest absolute Gasteiger partial charge is 0.300 e. The molecule has 1 amide bonds. The molecule has 0 saturated carbocycles. The number of hydrogen-bond donors (Lipinski definition) is 1. The van der Waals surface area contributed by atoms with Crippen molar-refractivity contribution in [1.82, 2.24) is 25.4 Å². The zero-order valence-electron chi connectivity index (χ0n) is 15.3. The monoisotopic (exact) mass is 400 g/mol. The molecule has 140 valence electrons. The highest BCUT2D eigenvalue weighted by Crippen LogP contribution is 2.26. The second-order valence-electron chi connectivity index (χ2n) is 6.10. The minimum Gasteiger partial charge on any atom is -0.300 e. The molecule has 0 saturated heterocycles. The lowest BCUT2D eigenvalue weighted by molar-refractivity contribution is -0.115. The van der Waals surface area contributed by atoms with Crippen LogP contribution in [0.15, 0.2) is 41.7 Å². The van der Waals surface area contributed by atoms with Crippen LogP contribution < -0.4 is 5.32 Å². The first kappa shape index (κ1) is 19.4. The Bertz CT molecular complexity index is 882. The standard InChI is InChI=1S/C18H20N6OS2/c1-4-14(15(25)20-18-24-22-16(27-18)11(2)3)26-17-19-10-13(21-23-17)12-8-6-5-7-9-12/h5-11,14H,4H2,1-3H3,(H,20,24,25). The van der Waals surface area contributed by atoms with Crippen LogP contribution in [0.2, 0.25) is 0 Å². The number of carbonyl (C=O) groups excluding carboxylic acids is 1. The lowest BCUT2D eigenvalue weighted by atomic mass is 10.2. The number of aromatic nitrogens is 5. The Hall–Kier alpha value is -2.39. The van der Waals surface area contributed by atoms with Crippen molar-refractivity contribution in [3.05, 3.63) is 41.5 Å². The van der Waals surface area contributed by atoms with Gasteiger partial charge in [0.15, 0.2) is 0 Å². The summed E-state index contributed by atoms with van der Waals surface area (Å²) in [6.45, 7) is 6.03. The maximum Gasteiger partial charge on any atom is 0.239 e. The van der Waals surface area contributed by atoms with E-state index in [-0.39, 0.29) is 17.1 Å². The third kappa shape index (κ3) is 5.08. The molecule has 0 spiro atoms. The summed E-state index contributed by atoms with van der Waals surface area (Å²) in [7, 11) is 0. The molecule has 0 fully saturated rings. The van der Waals surface area contributed by atoms with E-state index in [9.17, 15) is 4.79 Å². The fourth-order valence-corrected chi connectivity index (χ4v) is 3.75. The first-order valence-electron chi connectivity index (χ1n) is 8.63. The molecule has 1 N–H and O–H groups in total. The predicted octanol–water partition coefficient (Wildman–Crippen LogP) is 4.02. The second-order valence-corrected chi connectivity index (χ2v) is 8.28. The van der Waals surface area contributed by atoms with Crippen molar-refractivity contribution < 1.29 is 4.79 Å². The van der Waals surface area contributed by atoms with Gasteiger partial charge in [-0.25, -0.2) is 4.98 Å². The zero-order chi connectivity index (χ0) is 19.2. The van der Waals surface area contributed by atoms with Crippen LogP contribution in [0.25, 0.3) is 11.3 Å². The Morgan fingerprint density at radius 2 is 1.93 bits per heavy atom. The minimum atomic E-state index is -0.333. The van der Waals surface area contributed by atoms with E-state index < -0.39 is 0 Å². The van der Waals surface area contributed by atoms with E-state index in [1.54, 1.807) is 6.20 Å². The van der Waals surface area contributed by atoms with Crippen molar-refractivity contribution in [3.63, 3.8) is 0 Å². The highest BCUT2D eigenvalue weighted by Gasteiger charge is 2.21. The summed E-state index contributed by atoms with van der Waals surface area (Å²) in [6.07, 6.45) is 2.31. The van der Waals surface area contributed by atoms with E-state index in [4.69, 9.17) is 0 Å². The van der Waals surface area contributed by atoms with Gasteiger partial charge in [0.1, 0.15) is 10.7 Å². The van der Waals surface area contributed by atoms with Gasteiger partial charge in [0, 0.05) is 11.5 Å². The molecule has 3 aromatic rings. The van der Waals surface area contributed by atoms with Crippen LogP contribution in [0.4, 0.5) is 5.13 Å². The summed E-state index contributed by atoms with van der Waals surface area (Å²) in [6, 6.07) is 9.73. The van der Waals surface area contributed by atoms with E-state index >= 15 is 0 Å². The van der Waals surface area contributed by atoms with Gasteiger partial charge in [0.2, 0.25) is 16.2 Å². The molecule has 7 nitrogen and oxygen atoms in total. The van der Waals surface area contributed by atoms with E-state index in [1.165, 1.54) is 23.1 Å². The molecule has 0 aliphatic rings. The Morgan fingerprint density at radius 1 is 1.15 bits per heavy atom. The molecular formula is C18H20N6OS2. The van der Waals surface area contributed by atoms with Crippen LogP contribution >= 0.6 is 23.1 Å². The average molecular weight is 401 g/mol. The zero-order valence-corrected chi connectivity index (χ0v) is 16.9. The maximum absolute atomic E-state index is 12.5. The van der Waals surface area contributed by atoms with Gasteiger partial charge in [-0.15, -0.1) is 20.4 Å². The van der Waals surface area contributed by atoms with Gasteiger partial charge in [-0.3, -0.25) is 10.1 Å². The second kappa shape index (κ2) is 9.01. The van der Waals surface area contributed by atoms with E-state index in [0.29, 0.717) is 22.4 Å². The number of benzene rings is 1. The fourth-order valence-electron chi connectivity index (χ4n) is 2.21. The van der Waals surface area contributed by atoms with E-state index in [1.807, 2.05) is 51.1 Å². The number of hydrogen-bond acceptors (Lipinski definition) is 8. The van der Waals surface area contributed by atoms with Crippen LogP contribution in [0, 0.1) is 0 Å². The Kier molecular flexibility index (Phi) is 6.46. The van der Waals surface area contributed by atoms with Crippen molar-refractivity contribution in [2.45, 2.75) is 43.5 Å². The number of thioether (sulfide) groups is 1. The first-order chi connectivity index (χ1) is 13.1. The number of rotatable bonds is 7. The summed E-state index contributed by atoms with van der Waals surface area (Å²) in [5.41, 5.74) is 1.66. The third-order valence-electron chi connectivity index (χ3n) is 3.69. The molecule has 0 aliphatic carbocycles. The highest BCUT2D eigenvalue weighted by molar-refractivity contribution is 8.00. The van der Waals surface area contributed by atoms with Crippen LogP contribution in [-0.4, -0.2) is 36.5 Å². The van der Waals surface area contributed by atoms with Gasteiger partial charge in [-0.05, 0) is 6.42 Å². The summed E-state index contributed by atoms with van der Waals surface area (Å²) in [4.78, 5) is 16.9. The number of nitrogens with one attached hydrogen (secondary N) is 1. The van der Waals surface area contributed by atoms with Crippen molar-refractivity contribution in [2.24, 2.45) is 0 Å². The van der Waals surface area contributed by atoms with Crippen molar-refractivity contribution in [1.29, 1.82) is 0 Å². The van der Waals surface area contributed by atoms with Crippen LogP contribution in [0.5, 0.6) is 0 Å². The Morgan fingerprint density at radius 3 is 2.52 bits per heavy atom. The first-order valence-corrected chi connectivity index (χ1v) is 10.3. The van der Waals surface area contributed by atoms with Crippen LogP contribution in [0.3, 0.4) is 0 Å². The van der Waals surface area contributed by atoms with Gasteiger partial charge in [-0.1, -0.05) is 74.2 Å². The SMILES string of the molecule is CCC(Sc1ncc(-c2ccccc2)nn1)C(=O)Nc1nnc(C(C)C)s1.